The summed E-state index contributed by atoms with van der Waals surface area (Å²) in [7, 11) is -9.91. The lowest BCUT2D eigenvalue weighted by Crippen LogP contribution is -2.30. The van der Waals surface area contributed by atoms with Crippen LogP contribution in [-0.2, 0) is 65.4 Å². The molecule has 2 unspecified atom stereocenters. The lowest BCUT2D eigenvalue weighted by atomic mass is 10.0. The zero-order valence-electron chi connectivity index (χ0n) is 61.5. The summed E-state index contributed by atoms with van der Waals surface area (Å²) in [5.74, 6) is -0.558. The molecule has 3 N–H and O–H groups in total. The predicted molar refractivity (Wildman–Crippen MR) is 386 cm³/mol. The van der Waals surface area contributed by atoms with Gasteiger partial charge in [-0.05, 0) is 63.2 Å². The molecule has 0 bridgehead atoms. The van der Waals surface area contributed by atoms with Crippen LogP contribution in [0.5, 0.6) is 0 Å². The Morgan fingerprint density at radius 1 is 0.326 bits per heavy atom. The maximum Gasteiger partial charge on any atom is 0.472 e. The van der Waals surface area contributed by atoms with E-state index in [4.69, 9.17) is 37.0 Å². The van der Waals surface area contributed by atoms with Crippen molar-refractivity contribution in [2.75, 3.05) is 39.6 Å². The maximum atomic E-state index is 13.1. The minimum atomic E-state index is -4.96. The molecule has 5 atom stereocenters. The number of aliphatic hydroxyl groups is 1. The maximum absolute atomic E-state index is 13.1. The molecule has 0 rings (SSSR count). The van der Waals surface area contributed by atoms with E-state index < -0.39 is 97.5 Å². The van der Waals surface area contributed by atoms with Crippen LogP contribution in [0.25, 0.3) is 0 Å². The third-order valence-electron chi connectivity index (χ3n) is 17.1. The Morgan fingerprint density at radius 2 is 0.568 bits per heavy atom. The number of phosphoric ester groups is 2. The molecule has 0 aliphatic carbocycles. The lowest BCUT2D eigenvalue weighted by Gasteiger charge is -2.21. The van der Waals surface area contributed by atoms with Gasteiger partial charge in [-0.3, -0.25) is 37.3 Å². The molecule has 0 saturated carbocycles. The molecule has 560 valence electrons. The number of carbonyl (C=O) groups is 4. The number of unbranched alkanes of at least 4 members (excludes halogenated alkanes) is 40. The summed E-state index contributed by atoms with van der Waals surface area (Å²) in [5, 5.41) is 10.6. The van der Waals surface area contributed by atoms with Crippen molar-refractivity contribution in [2.24, 2.45) is 11.8 Å². The number of aliphatic hydroxyl groups excluding tert-OH is 1. The second kappa shape index (κ2) is 67.4. The fourth-order valence-corrected chi connectivity index (χ4v) is 12.7. The summed E-state index contributed by atoms with van der Waals surface area (Å²) in [5.41, 5.74) is 0. The minimum absolute atomic E-state index is 0.0841. The minimum Gasteiger partial charge on any atom is -0.462 e. The summed E-state index contributed by atoms with van der Waals surface area (Å²) in [6, 6.07) is 0. The van der Waals surface area contributed by atoms with Crippen LogP contribution in [0.15, 0.2) is 24.3 Å². The number of esters is 4. The van der Waals surface area contributed by atoms with Crippen molar-refractivity contribution in [3.8, 4) is 0 Å². The molecule has 0 aliphatic rings. The highest BCUT2D eigenvalue weighted by Crippen LogP contribution is 2.45. The predicted octanol–water partition coefficient (Wildman–Crippen LogP) is 21.9. The molecule has 0 aliphatic heterocycles. The summed E-state index contributed by atoms with van der Waals surface area (Å²) in [4.78, 5) is 72.5. The van der Waals surface area contributed by atoms with Crippen LogP contribution in [-0.4, -0.2) is 96.7 Å². The summed E-state index contributed by atoms with van der Waals surface area (Å²) in [6.45, 7) is 9.49. The van der Waals surface area contributed by atoms with Crippen molar-refractivity contribution in [2.45, 2.75) is 387 Å². The first-order valence-corrected chi connectivity index (χ1v) is 41.8. The molecular weight excluding hydrogens is 1250 g/mol. The van der Waals surface area contributed by atoms with Gasteiger partial charge in [-0.25, -0.2) is 9.13 Å². The van der Waals surface area contributed by atoms with Gasteiger partial charge in [0.05, 0.1) is 26.4 Å². The van der Waals surface area contributed by atoms with Crippen LogP contribution in [0.2, 0.25) is 0 Å². The molecule has 0 aromatic carbocycles. The normalized spacial score (nSPS) is 14.2. The zero-order chi connectivity index (χ0) is 70.0. The van der Waals surface area contributed by atoms with Crippen LogP contribution < -0.4 is 0 Å². The van der Waals surface area contributed by atoms with Crippen LogP contribution in [0.4, 0.5) is 0 Å². The monoisotopic (exact) mass is 1390 g/mol. The molecule has 0 aromatic heterocycles. The number of phosphoric acid groups is 2. The molecule has 19 heteroatoms. The quantitative estimate of drug-likeness (QED) is 0.0169. The van der Waals surface area contributed by atoms with Crippen molar-refractivity contribution >= 4 is 39.5 Å². The average Bonchev–Trinajstić information content (AvgIpc) is 1.69. The average molecular weight is 1390 g/mol. The molecule has 17 nitrogen and oxygen atoms in total. The van der Waals surface area contributed by atoms with Crippen LogP contribution in [0.1, 0.15) is 369 Å². The molecule has 0 aromatic rings. The van der Waals surface area contributed by atoms with E-state index in [2.05, 4.69) is 65.8 Å². The van der Waals surface area contributed by atoms with Gasteiger partial charge in [-0.1, -0.05) is 316 Å². The molecule has 0 spiro atoms. The number of rotatable bonds is 73. The van der Waals surface area contributed by atoms with E-state index in [1.807, 2.05) is 0 Å². The third kappa shape index (κ3) is 69.8. The molecule has 95 heavy (non-hydrogen) atoms. The van der Waals surface area contributed by atoms with Crippen molar-refractivity contribution in [3.63, 3.8) is 0 Å². The van der Waals surface area contributed by atoms with Crippen molar-refractivity contribution in [1.29, 1.82) is 0 Å². The van der Waals surface area contributed by atoms with E-state index in [1.54, 1.807) is 0 Å². The highest BCUT2D eigenvalue weighted by Gasteiger charge is 2.30. The molecule has 0 saturated heterocycles. The molecule has 0 radical (unpaired) electrons. The van der Waals surface area contributed by atoms with Gasteiger partial charge in [0.2, 0.25) is 0 Å². The number of hydrogen-bond donors (Lipinski definition) is 3. The Labute approximate surface area is 580 Å². The van der Waals surface area contributed by atoms with Crippen LogP contribution >= 0.6 is 15.6 Å². The third-order valence-corrected chi connectivity index (χ3v) is 19.0. The Bertz CT molecular complexity index is 1930. The lowest BCUT2D eigenvalue weighted by molar-refractivity contribution is -0.161. The highest BCUT2D eigenvalue weighted by atomic mass is 31.2. The molecule has 0 heterocycles. The number of carbonyl (C=O) groups excluding carboxylic acids is 4. The smallest absolute Gasteiger partial charge is 0.462 e. The molecule has 0 amide bonds. The van der Waals surface area contributed by atoms with E-state index >= 15 is 0 Å². The van der Waals surface area contributed by atoms with E-state index in [1.165, 1.54) is 167 Å². The van der Waals surface area contributed by atoms with E-state index in [-0.39, 0.29) is 25.7 Å². The first-order chi connectivity index (χ1) is 45.9. The summed E-state index contributed by atoms with van der Waals surface area (Å²) in [6.07, 6.45) is 58.1. The largest absolute Gasteiger partial charge is 0.472 e. The first kappa shape index (κ1) is 92.5. The topological polar surface area (TPSA) is 237 Å². The highest BCUT2D eigenvalue weighted by molar-refractivity contribution is 7.47. The van der Waals surface area contributed by atoms with Crippen molar-refractivity contribution in [3.05, 3.63) is 24.3 Å². The second-order valence-electron chi connectivity index (χ2n) is 27.7. The Morgan fingerprint density at radius 3 is 0.863 bits per heavy atom. The van der Waals surface area contributed by atoms with Gasteiger partial charge in [0.15, 0.2) is 12.2 Å². The van der Waals surface area contributed by atoms with Gasteiger partial charge in [0, 0.05) is 25.7 Å². The number of hydrogen-bond acceptors (Lipinski definition) is 15. The van der Waals surface area contributed by atoms with Gasteiger partial charge in [-0.15, -0.1) is 0 Å². The van der Waals surface area contributed by atoms with Crippen molar-refractivity contribution in [1.82, 2.24) is 0 Å². The Kier molecular flexibility index (Phi) is 65.6. The molecular formula is C76H144O17P2. The van der Waals surface area contributed by atoms with E-state index in [0.29, 0.717) is 25.7 Å². The summed E-state index contributed by atoms with van der Waals surface area (Å²) >= 11 is 0. The van der Waals surface area contributed by atoms with Gasteiger partial charge in [0.1, 0.15) is 19.3 Å². The van der Waals surface area contributed by atoms with Gasteiger partial charge < -0.3 is 33.8 Å². The van der Waals surface area contributed by atoms with Crippen molar-refractivity contribution < 1.29 is 80.2 Å². The van der Waals surface area contributed by atoms with Crippen LogP contribution in [0, 0.1) is 11.8 Å². The summed E-state index contributed by atoms with van der Waals surface area (Å²) < 4.78 is 68.3. The zero-order valence-corrected chi connectivity index (χ0v) is 63.2. The Hall–Kier alpha value is -2.46. The van der Waals surface area contributed by atoms with Gasteiger partial charge in [0.25, 0.3) is 0 Å². The number of ether oxygens (including phenoxy) is 4. The van der Waals surface area contributed by atoms with Gasteiger partial charge >= 0.3 is 39.5 Å². The van der Waals surface area contributed by atoms with E-state index in [9.17, 15) is 43.2 Å². The van der Waals surface area contributed by atoms with E-state index in [0.717, 1.165) is 121 Å². The Balaban J connectivity index is 5.18. The van der Waals surface area contributed by atoms with Crippen LogP contribution in [0.3, 0.4) is 0 Å². The molecule has 0 fully saturated rings. The second-order valence-corrected chi connectivity index (χ2v) is 30.6. The fourth-order valence-electron chi connectivity index (χ4n) is 11.1. The first-order valence-electron chi connectivity index (χ1n) is 38.8. The standard InChI is InChI=1S/C76H144O17P2/c1-7-9-11-13-14-15-16-17-19-27-32-37-42-48-54-60-75(80)92-71(64-86-73(78)58-52-44-12-10-8-2)66-90-94(82,83)88-62-70(77)63-89-95(84,85)91-67-72(65-87-74(79)59-53-47-41-36-31-26-23-22-25-30-35-40-46-51-57-69(5)6)93-76(81)61-55-49-43-38-33-28-21-18-20-24-29-34-39-45-50-56-68(3)4/h15-17,19,68-72,77H,7-14,18,20-67H2,1-6H3,(H,82,83)(H,84,85)/b16-15-,19-17-/t70-,71+,72+/m0/s1. The SMILES string of the molecule is CCCCCC/C=C\C=C/CCCCCCCC(=O)O[C@H](COC(=O)CCCCCCC)COP(=O)(O)OC[C@H](O)COP(=O)(O)OC[C@@H](COC(=O)CCCCCCCCCCCCCCCCC(C)C)OC(=O)CCCCCCCCCCCCCCCCCC(C)C. The fraction of sp³-hybridized carbons (Fsp3) is 0.895. The van der Waals surface area contributed by atoms with Gasteiger partial charge in [-0.2, -0.15) is 0 Å². The number of allylic oxidation sites excluding steroid dienone is 4.